The minimum atomic E-state index is -0.634. The Morgan fingerprint density at radius 2 is 1.86 bits per heavy atom. The monoisotopic (exact) mass is 545 g/mol. The number of likely N-dealkylation sites (tertiary alicyclic amines) is 1. The highest BCUT2D eigenvalue weighted by molar-refractivity contribution is 6.42. The van der Waals surface area contributed by atoms with Gasteiger partial charge in [-0.1, -0.05) is 29.6 Å². The van der Waals surface area contributed by atoms with E-state index in [9.17, 15) is 4.39 Å². The normalized spacial score (nSPS) is 23.5. The molecule has 3 atom stereocenters. The third kappa shape index (κ3) is 5.17. The Hall–Kier alpha value is -2.39. The number of aromatic nitrogens is 2. The van der Waals surface area contributed by atoms with Crippen LogP contribution in [0.15, 0.2) is 30.6 Å². The number of nitrogens with zero attached hydrogens (tertiary/aromatic N) is 3. The topological polar surface area (TPSA) is 71.5 Å². The summed E-state index contributed by atoms with van der Waals surface area (Å²) in [5.41, 5.74) is 0.854. The first kappa shape index (κ1) is 24.9. The number of hydrogen-bond donors (Lipinski definition) is 2. The SMILES string of the molecule is Fc1c(Nc2ncnc3cc(OCCN4CCCCC4)c(OC4[C@@H]5CNC[C@H]4C5)cc23)ccc(Cl)c1Cl. The predicted octanol–water partition coefficient (Wildman–Crippen LogP) is 5.67. The predicted molar refractivity (Wildman–Crippen MR) is 144 cm³/mol. The van der Waals surface area contributed by atoms with Gasteiger partial charge in [0.1, 0.15) is 24.9 Å². The molecule has 3 heterocycles. The fraction of sp³-hybridized carbons (Fsp3) is 0.481. The summed E-state index contributed by atoms with van der Waals surface area (Å²) < 4.78 is 27.6. The van der Waals surface area contributed by atoms with Crippen molar-refractivity contribution >= 4 is 45.6 Å². The van der Waals surface area contributed by atoms with Crippen LogP contribution in [0, 0.1) is 17.7 Å². The van der Waals surface area contributed by atoms with Gasteiger partial charge >= 0.3 is 0 Å². The van der Waals surface area contributed by atoms with E-state index in [2.05, 4.69) is 25.5 Å². The largest absolute Gasteiger partial charge is 0.488 e. The van der Waals surface area contributed by atoms with Gasteiger partial charge in [0.2, 0.25) is 0 Å². The van der Waals surface area contributed by atoms with E-state index >= 15 is 0 Å². The second-order valence-corrected chi connectivity index (χ2v) is 10.9. The maximum absolute atomic E-state index is 14.8. The first-order valence-corrected chi connectivity index (χ1v) is 13.7. The van der Waals surface area contributed by atoms with Gasteiger partial charge < -0.3 is 20.1 Å². The molecule has 1 unspecified atom stereocenters. The third-order valence-corrected chi connectivity index (χ3v) is 8.49. The third-order valence-electron chi connectivity index (χ3n) is 7.71. The van der Waals surface area contributed by atoms with E-state index in [1.54, 1.807) is 6.07 Å². The average Bonchev–Trinajstić information content (AvgIpc) is 2.93. The molecule has 3 aromatic rings. The van der Waals surface area contributed by atoms with Gasteiger partial charge in [-0.3, -0.25) is 4.90 Å². The average molecular weight is 546 g/mol. The zero-order valence-electron chi connectivity index (χ0n) is 20.5. The van der Waals surface area contributed by atoms with Crippen LogP contribution in [0.4, 0.5) is 15.9 Å². The molecule has 3 aliphatic rings. The number of rotatable bonds is 8. The van der Waals surface area contributed by atoms with Gasteiger partial charge in [-0.25, -0.2) is 14.4 Å². The van der Waals surface area contributed by atoms with E-state index in [-0.39, 0.29) is 21.8 Å². The van der Waals surface area contributed by atoms with E-state index < -0.39 is 5.82 Å². The summed E-state index contributed by atoms with van der Waals surface area (Å²) in [6, 6.07) is 6.89. The molecular formula is C27H30Cl2FN5O2. The Bertz CT molecular complexity index is 1280. The smallest absolute Gasteiger partial charge is 0.166 e. The molecule has 2 saturated heterocycles. The summed E-state index contributed by atoms with van der Waals surface area (Å²) in [4.78, 5) is 11.3. The van der Waals surface area contributed by atoms with E-state index in [0.29, 0.717) is 46.7 Å². The molecule has 7 nitrogen and oxygen atoms in total. The van der Waals surface area contributed by atoms with Crippen LogP contribution in [0.5, 0.6) is 11.5 Å². The van der Waals surface area contributed by atoms with E-state index in [0.717, 1.165) is 32.7 Å². The summed E-state index contributed by atoms with van der Waals surface area (Å²) in [5.74, 6) is 2.14. The van der Waals surface area contributed by atoms with Crippen LogP contribution in [-0.2, 0) is 0 Å². The summed E-state index contributed by atoms with van der Waals surface area (Å²) in [5, 5.41) is 7.24. The summed E-state index contributed by atoms with van der Waals surface area (Å²) >= 11 is 12.0. The zero-order chi connectivity index (χ0) is 25.4. The van der Waals surface area contributed by atoms with Gasteiger partial charge in [0.15, 0.2) is 17.3 Å². The van der Waals surface area contributed by atoms with Crippen molar-refractivity contribution in [1.29, 1.82) is 0 Å². The number of halogens is 3. The van der Waals surface area contributed by atoms with Gasteiger partial charge in [0.25, 0.3) is 0 Å². The van der Waals surface area contributed by atoms with Crippen molar-refractivity contribution in [2.75, 3.05) is 44.6 Å². The van der Waals surface area contributed by atoms with E-state index in [4.69, 9.17) is 32.7 Å². The number of fused-ring (bicyclic) bond motifs is 3. The second-order valence-electron chi connectivity index (χ2n) is 10.1. The molecule has 37 heavy (non-hydrogen) atoms. The van der Waals surface area contributed by atoms with E-state index in [1.807, 2.05) is 12.1 Å². The van der Waals surface area contributed by atoms with Gasteiger partial charge in [-0.15, -0.1) is 0 Å². The van der Waals surface area contributed by atoms with Crippen molar-refractivity contribution < 1.29 is 13.9 Å². The fourth-order valence-corrected chi connectivity index (χ4v) is 5.94. The molecule has 0 amide bonds. The zero-order valence-corrected chi connectivity index (χ0v) is 22.0. The van der Waals surface area contributed by atoms with Crippen LogP contribution in [0.3, 0.4) is 0 Å². The summed E-state index contributed by atoms with van der Waals surface area (Å²) in [7, 11) is 0. The molecule has 2 aliphatic heterocycles. The number of hydrogen-bond acceptors (Lipinski definition) is 7. The van der Waals surface area contributed by atoms with Crippen LogP contribution in [0.2, 0.25) is 10.0 Å². The molecular weight excluding hydrogens is 516 g/mol. The number of anilines is 2. The van der Waals surface area contributed by atoms with Crippen LogP contribution >= 0.6 is 23.2 Å². The minimum Gasteiger partial charge on any atom is -0.488 e. The fourth-order valence-electron chi connectivity index (χ4n) is 5.62. The highest BCUT2D eigenvalue weighted by atomic mass is 35.5. The Morgan fingerprint density at radius 3 is 2.65 bits per heavy atom. The molecule has 10 heteroatoms. The quantitative estimate of drug-likeness (QED) is 0.353. The number of ether oxygens (including phenoxy) is 2. The molecule has 0 radical (unpaired) electrons. The first-order valence-electron chi connectivity index (χ1n) is 13.0. The highest BCUT2D eigenvalue weighted by Gasteiger charge is 2.45. The van der Waals surface area contributed by atoms with Crippen LogP contribution in [0.1, 0.15) is 25.7 Å². The molecule has 1 aromatic heterocycles. The Balaban J connectivity index is 1.30. The summed E-state index contributed by atoms with van der Waals surface area (Å²) in [6.45, 7) is 5.63. The highest BCUT2D eigenvalue weighted by Crippen LogP contribution is 2.43. The van der Waals surface area contributed by atoms with Crippen molar-refractivity contribution in [3.05, 3.63) is 46.5 Å². The molecule has 2 N–H and O–H groups in total. The lowest BCUT2D eigenvalue weighted by Crippen LogP contribution is -2.59. The molecule has 2 aromatic carbocycles. The van der Waals surface area contributed by atoms with Gasteiger partial charge in [-0.2, -0.15) is 0 Å². The Kier molecular flexibility index (Phi) is 7.25. The first-order chi connectivity index (χ1) is 18.1. The lowest BCUT2D eigenvalue weighted by Gasteiger charge is -2.49. The number of benzene rings is 2. The van der Waals surface area contributed by atoms with Gasteiger partial charge in [0, 0.05) is 42.9 Å². The molecule has 1 saturated carbocycles. The van der Waals surface area contributed by atoms with Crippen LogP contribution in [-0.4, -0.2) is 60.3 Å². The molecule has 2 bridgehead atoms. The van der Waals surface area contributed by atoms with Crippen molar-refractivity contribution in [3.63, 3.8) is 0 Å². The maximum Gasteiger partial charge on any atom is 0.166 e. The van der Waals surface area contributed by atoms with Crippen molar-refractivity contribution in [1.82, 2.24) is 20.2 Å². The molecule has 3 fully saturated rings. The van der Waals surface area contributed by atoms with Crippen molar-refractivity contribution in [3.8, 4) is 11.5 Å². The molecule has 196 valence electrons. The van der Waals surface area contributed by atoms with Crippen molar-refractivity contribution in [2.45, 2.75) is 31.8 Å². The Morgan fingerprint density at radius 1 is 1.05 bits per heavy atom. The van der Waals surface area contributed by atoms with Gasteiger partial charge in [0.05, 0.1) is 21.2 Å². The second kappa shape index (κ2) is 10.8. The standard InChI is InChI=1S/C27H30Cl2FN5O2/c28-19-4-5-20(25(30)24(19)29)34-27-18-11-23(37-26-16-10-17(26)14-31-13-16)22(12-21(18)32-15-33-27)36-9-8-35-6-2-1-3-7-35/h4-5,11-12,15-17,26,31H,1-3,6-10,13-14H2,(H,32,33,34)/t16-,17+,26?. The van der Waals surface area contributed by atoms with Gasteiger partial charge in [-0.05, 0) is 50.6 Å². The molecule has 0 spiro atoms. The molecule has 6 rings (SSSR count). The van der Waals surface area contributed by atoms with Crippen molar-refractivity contribution in [2.24, 2.45) is 11.8 Å². The number of nitrogens with one attached hydrogen (secondary N) is 2. The lowest BCUT2D eigenvalue weighted by molar-refractivity contribution is -0.0458. The Labute approximate surface area is 225 Å². The lowest BCUT2D eigenvalue weighted by atomic mass is 9.69. The molecule has 1 aliphatic carbocycles. The van der Waals surface area contributed by atoms with Crippen LogP contribution in [0.25, 0.3) is 10.9 Å². The number of piperidine rings is 3. The minimum absolute atomic E-state index is 0.136. The summed E-state index contributed by atoms with van der Waals surface area (Å²) in [6.07, 6.45) is 6.57. The van der Waals surface area contributed by atoms with Crippen LogP contribution < -0.4 is 20.1 Å². The maximum atomic E-state index is 14.8. The van der Waals surface area contributed by atoms with E-state index in [1.165, 1.54) is 38.1 Å².